The van der Waals surface area contributed by atoms with Crippen molar-refractivity contribution in [2.75, 3.05) is 4.90 Å². The lowest BCUT2D eigenvalue weighted by Gasteiger charge is -2.34. The first-order chi connectivity index (χ1) is 31.6. The van der Waals surface area contributed by atoms with Crippen LogP contribution < -0.4 is 4.90 Å². The Morgan fingerprint density at radius 3 is 1.58 bits per heavy atom. The molecule has 302 valence electrons. The van der Waals surface area contributed by atoms with Gasteiger partial charge in [0, 0.05) is 33.4 Å². The van der Waals surface area contributed by atoms with Crippen molar-refractivity contribution in [3.63, 3.8) is 0 Å². The van der Waals surface area contributed by atoms with Crippen LogP contribution in [-0.2, 0) is 5.41 Å². The van der Waals surface area contributed by atoms with Crippen LogP contribution in [0.3, 0.4) is 0 Å². The standard InChI is InChI=1S/C62H43NO/c1-42-17-11-15-27-59(42)63(50-34-29-44(30-35-50)43-18-5-2-6-19-43)51-36-31-45(32-37-51)47-39-55(61-56(40-47)54-25-13-16-28-60(54)64-61)46-33-38-53-52-24-12-14-26-57(52)62(58(53)41-46,48-20-7-3-8-21-48)49-22-9-4-10-23-49/h2-41H,1H3. The van der Waals surface area contributed by atoms with Gasteiger partial charge in [0.2, 0.25) is 0 Å². The van der Waals surface area contributed by atoms with Crippen molar-refractivity contribution in [2.45, 2.75) is 12.3 Å². The second-order valence-electron chi connectivity index (χ2n) is 16.9. The fourth-order valence-corrected chi connectivity index (χ4v) is 10.3. The molecule has 1 heterocycles. The highest BCUT2D eigenvalue weighted by Crippen LogP contribution is 2.57. The summed E-state index contributed by atoms with van der Waals surface area (Å²) in [5, 5.41) is 2.21. The molecule has 0 aliphatic heterocycles. The van der Waals surface area contributed by atoms with Gasteiger partial charge in [-0.3, -0.25) is 0 Å². The predicted octanol–water partition coefficient (Wildman–Crippen LogP) is 16.7. The van der Waals surface area contributed by atoms with Gasteiger partial charge in [0.1, 0.15) is 11.2 Å². The Bertz CT molecular complexity index is 3440. The van der Waals surface area contributed by atoms with Gasteiger partial charge in [0.05, 0.1) is 5.41 Å². The van der Waals surface area contributed by atoms with Gasteiger partial charge >= 0.3 is 0 Å². The molecule has 0 unspecified atom stereocenters. The normalized spacial score (nSPS) is 12.6. The van der Waals surface area contributed by atoms with Crippen molar-refractivity contribution in [2.24, 2.45) is 0 Å². The highest BCUT2D eigenvalue weighted by molar-refractivity contribution is 6.11. The number of aryl methyl sites for hydroxylation is 1. The SMILES string of the molecule is Cc1ccccc1N(c1ccc(-c2ccccc2)cc1)c1ccc(-c2cc(-c3ccc4c(c3)C(c3ccccc3)(c3ccccc3)c3ccccc3-4)c3oc4ccccc4c3c2)cc1. The lowest BCUT2D eigenvalue weighted by molar-refractivity contribution is 0.670. The van der Waals surface area contributed by atoms with Crippen LogP contribution in [0.1, 0.15) is 27.8 Å². The zero-order valence-electron chi connectivity index (χ0n) is 35.4. The van der Waals surface area contributed by atoms with Crippen LogP contribution in [0.4, 0.5) is 17.1 Å². The third kappa shape index (κ3) is 6.02. The van der Waals surface area contributed by atoms with E-state index in [0.29, 0.717) is 0 Å². The Labute approximate surface area is 374 Å². The van der Waals surface area contributed by atoms with Crippen LogP contribution in [0, 0.1) is 6.92 Å². The Morgan fingerprint density at radius 2 is 0.891 bits per heavy atom. The largest absolute Gasteiger partial charge is 0.455 e. The number of anilines is 3. The molecule has 0 saturated carbocycles. The molecular formula is C62H43NO. The minimum atomic E-state index is -0.504. The van der Waals surface area contributed by atoms with E-state index in [2.05, 4.69) is 254 Å². The van der Waals surface area contributed by atoms with Gasteiger partial charge in [-0.05, 0) is 128 Å². The van der Waals surface area contributed by atoms with Crippen LogP contribution in [0.5, 0.6) is 0 Å². The molecule has 0 radical (unpaired) electrons. The highest BCUT2D eigenvalue weighted by Gasteiger charge is 2.46. The van der Waals surface area contributed by atoms with Crippen molar-refractivity contribution >= 4 is 39.0 Å². The highest BCUT2D eigenvalue weighted by atomic mass is 16.3. The maximum Gasteiger partial charge on any atom is 0.143 e. The second-order valence-corrected chi connectivity index (χ2v) is 16.9. The minimum absolute atomic E-state index is 0.504. The van der Waals surface area contributed by atoms with Crippen LogP contribution in [-0.4, -0.2) is 0 Å². The third-order valence-corrected chi connectivity index (χ3v) is 13.3. The molecule has 0 N–H and O–H groups in total. The van der Waals surface area contributed by atoms with E-state index in [9.17, 15) is 0 Å². The summed E-state index contributed by atoms with van der Waals surface area (Å²) in [5.41, 5.74) is 20.3. The molecule has 64 heavy (non-hydrogen) atoms. The molecule has 11 aromatic rings. The van der Waals surface area contributed by atoms with E-state index in [0.717, 1.165) is 61.3 Å². The molecule has 2 heteroatoms. The molecular weight excluding hydrogens is 775 g/mol. The van der Waals surface area contributed by atoms with Crippen LogP contribution in [0.15, 0.2) is 247 Å². The molecule has 0 bridgehead atoms. The summed E-state index contributed by atoms with van der Waals surface area (Å²) < 4.78 is 6.82. The molecule has 2 nitrogen and oxygen atoms in total. The number of nitrogens with zero attached hydrogens (tertiary/aromatic N) is 1. The van der Waals surface area contributed by atoms with E-state index >= 15 is 0 Å². The molecule has 1 aromatic heterocycles. The summed E-state index contributed by atoms with van der Waals surface area (Å²) in [6.45, 7) is 2.18. The quantitative estimate of drug-likeness (QED) is 0.152. The number of fused-ring (bicyclic) bond motifs is 6. The molecule has 10 aromatic carbocycles. The van der Waals surface area contributed by atoms with Crippen molar-refractivity contribution in [3.05, 3.63) is 270 Å². The Morgan fingerprint density at radius 1 is 0.359 bits per heavy atom. The Kier molecular flexibility index (Phi) is 8.98. The first kappa shape index (κ1) is 37.6. The van der Waals surface area contributed by atoms with Crippen molar-refractivity contribution in [1.29, 1.82) is 0 Å². The Balaban J connectivity index is 1.02. The van der Waals surface area contributed by atoms with Gasteiger partial charge in [0.25, 0.3) is 0 Å². The zero-order valence-corrected chi connectivity index (χ0v) is 35.4. The lowest BCUT2D eigenvalue weighted by Crippen LogP contribution is -2.28. The summed E-state index contributed by atoms with van der Waals surface area (Å²) in [5.74, 6) is 0. The van der Waals surface area contributed by atoms with Gasteiger partial charge in [0.15, 0.2) is 0 Å². The first-order valence-corrected chi connectivity index (χ1v) is 22.1. The minimum Gasteiger partial charge on any atom is -0.455 e. The molecule has 12 rings (SSSR count). The van der Waals surface area contributed by atoms with Crippen molar-refractivity contribution < 1.29 is 4.42 Å². The summed E-state index contributed by atoms with van der Waals surface area (Å²) in [7, 11) is 0. The second kappa shape index (κ2) is 15.3. The fraction of sp³-hybridized carbons (Fsp3) is 0.0323. The van der Waals surface area contributed by atoms with Gasteiger partial charge in [-0.2, -0.15) is 0 Å². The molecule has 1 aliphatic carbocycles. The number of hydrogen-bond donors (Lipinski definition) is 0. The van der Waals surface area contributed by atoms with Crippen LogP contribution in [0.2, 0.25) is 0 Å². The maximum atomic E-state index is 6.82. The molecule has 1 aliphatic rings. The van der Waals surface area contributed by atoms with Gasteiger partial charge < -0.3 is 9.32 Å². The fourth-order valence-electron chi connectivity index (χ4n) is 10.3. The van der Waals surface area contributed by atoms with E-state index in [-0.39, 0.29) is 0 Å². The summed E-state index contributed by atoms with van der Waals surface area (Å²) in [6.07, 6.45) is 0. The molecule has 0 saturated heterocycles. The van der Waals surface area contributed by atoms with Crippen molar-refractivity contribution in [1.82, 2.24) is 0 Å². The molecule has 0 fully saturated rings. The van der Waals surface area contributed by atoms with Gasteiger partial charge in [-0.25, -0.2) is 0 Å². The maximum absolute atomic E-state index is 6.82. The van der Waals surface area contributed by atoms with Crippen molar-refractivity contribution in [3.8, 4) is 44.5 Å². The topological polar surface area (TPSA) is 16.4 Å². The lowest BCUT2D eigenvalue weighted by atomic mass is 9.67. The van der Waals surface area contributed by atoms with E-state index < -0.39 is 5.41 Å². The molecule has 0 amide bonds. The van der Waals surface area contributed by atoms with Gasteiger partial charge in [-0.15, -0.1) is 0 Å². The van der Waals surface area contributed by atoms with Crippen LogP contribution in [0.25, 0.3) is 66.4 Å². The first-order valence-electron chi connectivity index (χ1n) is 22.1. The third-order valence-electron chi connectivity index (χ3n) is 13.3. The van der Waals surface area contributed by atoms with Crippen LogP contribution >= 0.6 is 0 Å². The number of rotatable bonds is 8. The average molecular weight is 818 g/mol. The number of furan rings is 1. The van der Waals surface area contributed by atoms with E-state index in [1.54, 1.807) is 0 Å². The van der Waals surface area contributed by atoms with Gasteiger partial charge in [-0.1, -0.05) is 188 Å². The Hall–Kier alpha value is -8.20. The number of benzene rings is 10. The predicted molar refractivity (Wildman–Crippen MR) is 267 cm³/mol. The summed E-state index contributed by atoms with van der Waals surface area (Å²) in [6, 6.07) is 88.2. The van der Waals surface area contributed by atoms with E-state index in [1.807, 2.05) is 0 Å². The number of hydrogen-bond acceptors (Lipinski definition) is 2. The summed E-state index contributed by atoms with van der Waals surface area (Å²) >= 11 is 0. The average Bonchev–Trinajstić information content (AvgIpc) is 3.89. The number of para-hydroxylation sites is 2. The smallest absolute Gasteiger partial charge is 0.143 e. The van der Waals surface area contributed by atoms with E-state index in [1.165, 1.54) is 50.1 Å². The molecule has 0 atom stereocenters. The van der Waals surface area contributed by atoms with E-state index in [4.69, 9.17) is 4.42 Å². The monoisotopic (exact) mass is 817 g/mol. The zero-order chi connectivity index (χ0) is 42.6. The summed E-state index contributed by atoms with van der Waals surface area (Å²) in [4.78, 5) is 2.36. The molecule has 0 spiro atoms.